The van der Waals surface area contributed by atoms with Gasteiger partial charge in [0.25, 0.3) is 5.91 Å². The molecule has 0 saturated carbocycles. The first-order chi connectivity index (χ1) is 14.1. The Morgan fingerprint density at radius 1 is 1.24 bits per heavy atom. The normalized spacial score (nSPS) is 14.8. The lowest BCUT2D eigenvalue weighted by Crippen LogP contribution is -2.43. The lowest BCUT2D eigenvalue weighted by molar-refractivity contribution is -0.122. The summed E-state index contributed by atoms with van der Waals surface area (Å²) in [5.74, 6) is -0.392. The summed E-state index contributed by atoms with van der Waals surface area (Å²) in [5, 5.41) is 3.46. The average molecular weight is 431 g/mol. The summed E-state index contributed by atoms with van der Waals surface area (Å²) in [6, 6.07) is 14.9. The monoisotopic (exact) mass is 430 g/mol. The van der Waals surface area contributed by atoms with E-state index in [4.69, 9.17) is 16.3 Å². The molecule has 1 heterocycles. The molecule has 0 aromatic heterocycles. The highest BCUT2D eigenvalue weighted by atomic mass is 35.5. The Morgan fingerprint density at radius 3 is 2.86 bits per heavy atom. The first-order valence-electron chi connectivity index (χ1n) is 9.49. The number of amides is 2. The van der Waals surface area contributed by atoms with Crippen LogP contribution in [0.3, 0.4) is 0 Å². The summed E-state index contributed by atoms with van der Waals surface area (Å²) in [7, 11) is 0. The molecule has 2 aromatic carbocycles. The van der Waals surface area contributed by atoms with Gasteiger partial charge in [0, 0.05) is 29.7 Å². The quantitative estimate of drug-likeness (QED) is 0.499. The van der Waals surface area contributed by atoms with Crippen LogP contribution in [0.5, 0.6) is 0 Å². The minimum Gasteiger partial charge on any atom is -0.382 e. The van der Waals surface area contributed by atoms with Gasteiger partial charge in [-0.1, -0.05) is 47.6 Å². The fourth-order valence-corrected chi connectivity index (χ4v) is 4.17. The van der Waals surface area contributed by atoms with E-state index < -0.39 is 0 Å². The van der Waals surface area contributed by atoms with Gasteiger partial charge in [-0.05, 0) is 49.2 Å². The topological polar surface area (TPSA) is 58.6 Å². The molecule has 3 rings (SSSR count). The zero-order valence-corrected chi connectivity index (χ0v) is 17.8. The van der Waals surface area contributed by atoms with Crippen LogP contribution in [0.2, 0.25) is 5.02 Å². The molecule has 0 radical (unpaired) electrons. The standard InChI is InChI=1S/C22H23ClN2O3S/c1-2-28-12-6-11-24-21(26)15-25-18-9-3-4-10-19(18)29-20(22(25)27)14-16-7-5-8-17(23)13-16/h3-5,7-10,13-14H,2,6,11-12,15H2,1H3,(H,24,26)/b20-14+. The van der Waals surface area contributed by atoms with E-state index in [9.17, 15) is 9.59 Å². The minimum atomic E-state index is -0.196. The highest BCUT2D eigenvalue weighted by Gasteiger charge is 2.30. The maximum Gasteiger partial charge on any atom is 0.265 e. The largest absolute Gasteiger partial charge is 0.382 e. The molecule has 0 spiro atoms. The van der Waals surface area contributed by atoms with Crippen molar-refractivity contribution in [1.29, 1.82) is 0 Å². The van der Waals surface area contributed by atoms with Gasteiger partial charge in [-0.2, -0.15) is 0 Å². The summed E-state index contributed by atoms with van der Waals surface area (Å²) < 4.78 is 5.27. The molecule has 0 bridgehead atoms. The van der Waals surface area contributed by atoms with Crippen LogP contribution in [0.25, 0.3) is 6.08 Å². The number of carbonyl (C=O) groups excluding carboxylic acids is 2. The first kappa shape index (κ1) is 21.4. The van der Waals surface area contributed by atoms with Crippen molar-refractivity contribution < 1.29 is 14.3 Å². The molecule has 1 aliphatic rings. The van der Waals surface area contributed by atoms with Gasteiger partial charge in [-0.3, -0.25) is 14.5 Å². The molecule has 0 atom stereocenters. The Hall–Kier alpha value is -2.28. The molecule has 0 fully saturated rings. The van der Waals surface area contributed by atoms with Crippen LogP contribution in [-0.4, -0.2) is 38.1 Å². The number of nitrogens with one attached hydrogen (secondary N) is 1. The molecular formula is C22H23ClN2O3S. The third-order valence-electron chi connectivity index (χ3n) is 4.27. The van der Waals surface area contributed by atoms with Crippen molar-refractivity contribution in [3.63, 3.8) is 0 Å². The second kappa shape index (κ2) is 10.5. The Labute approximate surface area is 180 Å². The summed E-state index contributed by atoms with van der Waals surface area (Å²) in [4.78, 5) is 28.6. The number of benzene rings is 2. The molecule has 2 aromatic rings. The van der Waals surface area contributed by atoms with E-state index in [-0.39, 0.29) is 18.4 Å². The number of halogens is 1. The van der Waals surface area contributed by atoms with E-state index in [0.717, 1.165) is 22.6 Å². The predicted octanol–water partition coefficient (Wildman–Crippen LogP) is 4.36. The van der Waals surface area contributed by atoms with Gasteiger partial charge in [0.05, 0.1) is 10.6 Å². The fourth-order valence-electron chi connectivity index (χ4n) is 2.91. The van der Waals surface area contributed by atoms with Crippen molar-refractivity contribution in [3.05, 3.63) is 64.0 Å². The number of thioether (sulfide) groups is 1. The van der Waals surface area contributed by atoms with Crippen molar-refractivity contribution in [2.45, 2.75) is 18.2 Å². The number of hydrogen-bond donors (Lipinski definition) is 1. The second-order valence-corrected chi connectivity index (χ2v) is 7.95. The zero-order valence-electron chi connectivity index (χ0n) is 16.2. The van der Waals surface area contributed by atoms with Crippen molar-refractivity contribution in [2.24, 2.45) is 0 Å². The van der Waals surface area contributed by atoms with Crippen molar-refractivity contribution in [1.82, 2.24) is 5.32 Å². The van der Waals surface area contributed by atoms with E-state index in [1.807, 2.05) is 49.4 Å². The van der Waals surface area contributed by atoms with Gasteiger partial charge >= 0.3 is 0 Å². The van der Waals surface area contributed by atoms with Crippen LogP contribution < -0.4 is 10.2 Å². The summed E-state index contributed by atoms with van der Waals surface area (Å²) in [5.41, 5.74) is 1.59. The number of carbonyl (C=O) groups is 2. The van der Waals surface area contributed by atoms with Crippen LogP contribution in [0.1, 0.15) is 18.9 Å². The summed E-state index contributed by atoms with van der Waals surface area (Å²) >= 11 is 7.47. The Bertz CT molecular complexity index is 916. The third-order valence-corrected chi connectivity index (χ3v) is 5.58. The molecule has 1 N–H and O–H groups in total. The molecule has 0 aliphatic carbocycles. The number of ether oxygens (including phenoxy) is 1. The van der Waals surface area contributed by atoms with Crippen LogP contribution in [0.15, 0.2) is 58.3 Å². The molecule has 0 unspecified atom stereocenters. The number of hydrogen-bond acceptors (Lipinski definition) is 4. The Kier molecular flexibility index (Phi) is 7.75. The smallest absolute Gasteiger partial charge is 0.265 e. The fraction of sp³-hybridized carbons (Fsp3) is 0.273. The lowest BCUT2D eigenvalue weighted by Gasteiger charge is -2.29. The molecule has 0 saturated heterocycles. The second-order valence-electron chi connectivity index (χ2n) is 6.43. The number of rotatable bonds is 8. The highest BCUT2D eigenvalue weighted by Crippen LogP contribution is 2.41. The summed E-state index contributed by atoms with van der Waals surface area (Å²) in [6.07, 6.45) is 2.54. The molecular weight excluding hydrogens is 408 g/mol. The Balaban J connectivity index is 1.76. The van der Waals surface area contributed by atoms with Crippen LogP contribution in [0.4, 0.5) is 5.69 Å². The maximum atomic E-state index is 13.1. The zero-order chi connectivity index (χ0) is 20.6. The lowest BCUT2D eigenvalue weighted by atomic mass is 10.2. The van der Waals surface area contributed by atoms with Crippen LogP contribution in [0, 0.1) is 0 Å². The minimum absolute atomic E-state index is 0.0298. The summed E-state index contributed by atoms with van der Waals surface area (Å²) in [6.45, 7) is 3.68. The number of fused-ring (bicyclic) bond motifs is 1. The van der Waals surface area contributed by atoms with Crippen molar-refractivity contribution in [3.8, 4) is 0 Å². The van der Waals surface area contributed by atoms with E-state index in [1.54, 1.807) is 12.1 Å². The van der Waals surface area contributed by atoms with E-state index in [0.29, 0.717) is 29.7 Å². The number of anilines is 1. The van der Waals surface area contributed by atoms with E-state index >= 15 is 0 Å². The predicted molar refractivity (Wildman–Crippen MR) is 118 cm³/mol. The third kappa shape index (κ3) is 5.85. The van der Waals surface area contributed by atoms with Gasteiger partial charge in [0.2, 0.25) is 5.91 Å². The molecule has 29 heavy (non-hydrogen) atoms. The van der Waals surface area contributed by atoms with Crippen molar-refractivity contribution in [2.75, 3.05) is 31.2 Å². The molecule has 7 heteroatoms. The van der Waals surface area contributed by atoms with Gasteiger partial charge in [-0.25, -0.2) is 0 Å². The van der Waals surface area contributed by atoms with E-state index in [1.165, 1.54) is 16.7 Å². The van der Waals surface area contributed by atoms with Gasteiger partial charge in [0.1, 0.15) is 6.54 Å². The van der Waals surface area contributed by atoms with Crippen molar-refractivity contribution >= 4 is 46.9 Å². The highest BCUT2D eigenvalue weighted by molar-refractivity contribution is 8.04. The molecule has 5 nitrogen and oxygen atoms in total. The molecule has 2 amide bonds. The SMILES string of the molecule is CCOCCCNC(=O)CN1C(=O)/C(=C\c2cccc(Cl)c2)Sc2ccccc21. The van der Waals surface area contributed by atoms with E-state index in [2.05, 4.69) is 5.32 Å². The Morgan fingerprint density at radius 2 is 2.07 bits per heavy atom. The van der Waals surface area contributed by atoms with Crippen LogP contribution in [-0.2, 0) is 14.3 Å². The van der Waals surface area contributed by atoms with Gasteiger partial charge < -0.3 is 10.1 Å². The maximum absolute atomic E-state index is 13.1. The average Bonchev–Trinajstić information content (AvgIpc) is 2.71. The molecule has 1 aliphatic heterocycles. The number of nitrogens with zero attached hydrogens (tertiary/aromatic N) is 1. The number of para-hydroxylation sites is 1. The van der Waals surface area contributed by atoms with Gasteiger partial charge in [0.15, 0.2) is 0 Å². The van der Waals surface area contributed by atoms with Crippen LogP contribution >= 0.6 is 23.4 Å². The molecule has 152 valence electrons. The first-order valence-corrected chi connectivity index (χ1v) is 10.7. The van der Waals surface area contributed by atoms with Gasteiger partial charge in [-0.15, -0.1) is 0 Å².